The maximum atomic E-state index is 11.5. The summed E-state index contributed by atoms with van der Waals surface area (Å²) in [7, 11) is -3.19. The van der Waals surface area contributed by atoms with Gasteiger partial charge in [0.25, 0.3) is 0 Å². The highest BCUT2D eigenvalue weighted by Crippen LogP contribution is 2.43. The van der Waals surface area contributed by atoms with Gasteiger partial charge in [0.05, 0.1) is 12.4 Å². The maximum absolute atomic E-state index is 11.5. The van der Waals surface area contributed by atoms with E-state index in [4.69, 9.17) is 10.5 Å². The van der Waals surface area contributed by atoms with E-state index in [9.17, 15) is 8.42 Å². The number of sulfonamides is 1. The van der Waals surface area contributed by atoms with Gasteiger partial charge in [-0.15, -0.1) is 0 Å². The number of ether oxygens (including phenoxy) is 1. The molecule has 1 aliphatic carbocycles. The van der Waals surface area contributed by atoms with Gasteiger partial charge in [-0.2, -0.15) is 0 Å². The van der Waals surface area contributed by atoms with Gasteiger partial charge in [0, 0.05) is 13.2 Å². The molecule has 0 amide bonds. The quantitative estimate of drug-likeness (QED) is 0.566. The Morgan fingerprint density at radius 2 is 2.13 bits per heavy atom. The Bertz CT molecular complexity index is 286. The monoisotopic (exact) mass is 236 g/mol. The number of hydrogen-bond donors (Lipinski definition) is 2. The van der Waals surface area contributed by atoms with E-state index in [-0.39, 0.29) is 17.8 Å². The van der Waals surface area contributed by atoms with Crippen molar-refractivity contribution in [3.63, 3.8) is 0 Å². The number of nitrogens with two attached hydrogens (primary N) is 1. The number of rotatable bonds is 8. The number of nitrogens with one attached hydrogen (secondary N) is 1. The molecule has 3 N–H and O–H groups in total. The Kier molecular flexibility index (Phi) is 4.51. The molecule has 0 bridgehead atoms. The maximum Gasteiger partial charge on any atom is 0.213 e. The first-order valence-electron chi connectivity index (χ1n) is 5.29. The zero-order valence-electron chi connectivity index (χ0n) is 9.16. The van der Waals surface area contributed by atoms with Crippen LogP contribution in [0.5, 0.6) is 0 Å². The molecule has 1 aliphatic rings. The van der Waals surface area contributed by atoms with E-state index in [1.165, 1.54) is 0 Å². The van der Waals surface area contributed by atoms with Gasteiger partial charge in [-0.25, -0.2) is 13.1 Å². The predicted octanol–water partition coefficient (Wildman–Crippen LogP) is -0.319. The van der Waals surface area contributed by atoms with Crippen LogP contribution in [0.2, 0.25) is 0 Å². The van der Waals surface area contributed by atoms with Gasteiger partial charge in [-0.3, -0.25) is 0 Å². The van der Waals surface area contributed by atoms with Crippen LogP contribution in [0.15, 0.2) is 0 Å². The Morgan fingerprint density at radius 3 is 2.60 bits per heavy atom. The lowest BCUT2D eigenvalue weighted by molar-refractivity contribution is 0.163. The molecule has 0 radical (unpaired) electrons. The zero-order valence-corrected chi connectivity index (χ0v) is 9.98. The van der Waals surface area contributed by atoms with E-state index >= 15 is 0 Å². The van der Waals surface area contributed by atoms with Gasteiger partial charge in [0.2, 0.25) is 10.0 Å². The minimum atomic E-state index is -3.19. The van der Waals surface area contributed by atoms with Crippen LogP contribution >= 0.6 is 0 Å². The van der Waals surface area contributed by atoms with Crippen LogP contribution < -0.4 is 10.5 Å². The molecule has 5 nitrogen and oxygen atoms in total. The summed E-state index contributed by atoms with van der Waals surface area (Å²) >= 11 is 0. The second kappa shape index (κ2) is 5.25. The third-order valence-corrected chi connectivity index (χ3v) is 4.05. The summed E-state index contributed by atoms with van der Waals surface area (Å²) < 4.78 is 30.5. The summed E-state index contributed by atoms with van der Waals surface area (Å²) in [5, 5.41) is 0. The highest BCUT2D eigenvalue weighted by molar-refractivity contribution is 7.89. The van der Waals surface area contributed by atoms with Crippen molar-refractivity contribution < 1.29 is 13.2 Å². The van der Waals surface area contributed by atoms with Crippen LogP contribution in [0, 0.1) is 5.41 Å². The first-order valence-corrected chi connectivity index (χ1v) is 6.94. The molecule has 0 atom stereocenters. The molecule has 1 rings (SSSR count). The molecule has 1 fully saturated rings. The van der Waals surface area contributed by atoms with E-state index in [1.54, 1.807) is 0 Å². The molecule has 0 spiro atoms. The normalized spacial score (nSPS) is 19.1. The van der Waals surface area contributed by atoms with E-state index in [0.717, 1.165) is 12.8 Å². The van der Waals surface area contributed by atoms with Crippen molar-refractivity contribution in [2.24, 2.45) is 11.1 Å². The average molecular weight is 236 g/mol. The summed E-state index contributed by atoms with van der Waals surface area (Å²) in [6.45, 7) is 3.66. The standard InChI is InChI=1S/C9H20N2O3S/c1-2-14-5-6-15(12,13)11-8-9(7-10)3-4-9/h11H,2-8,10H2,1H3. The lowest BCUT2D eigenvalue weighted by Gasteiger charge is -2.13. The molecular formula is C9H20N2O3S. The first kappa shape index (κ1) is 12.9. The summed E-state index contributed by atoms with van der Waals surface area (Å²) in [5.74, 6) is 0.0293. The summed E-state index contributed by atoms with van der Waals surface area (Å²) in [4.78, 5) is 0. The fraction of sp³-hybridized carbons (Fsp3) is 1.00. The Labute approximate surface area is 91.4 Å². The SMILES string of the molecule is CCOCCS(=O)(=O)NCC1(CN)CC1. The van der Waals surface area contributed by atoms with Crippen molar-refractivity contribution in [1.29, 1.82) is 0 Å². The Balaban J connectivity index is 2.24. The van der Waals surface area contributed by atoms with Crippen molar-refractivity contribution in [2.75, 3.05) is 32.1 Å². The lowest BCUT2D eigenvalue weighted by Crippen LogP contribution is -2.36. The molecule has 0 heterocycles. The van der Waals surface area contributed by atoms with Crippen molar-refractivity contribution in [1.82, 2.24) is 4.72 Å². The Morgan fingerprint density at radius 1 is 1.47 bits per heavy atom. The molecule has 0 aromatic rings. The molecular weight excluding hydrogens is 216 g/mol. The van der Waals surface area contributed by atoms with Crippen LogP contribution in [0.4, 0.5) is 0 Å². The van der Waals surface area contributed by atoms with E-state index in [0.29, 0.717) is 19.7 Å². The predicted molar refractivity (Wildman–Crippen MR) is 59.0 cm³/mol. The van der Waals surface area contributed by atoms with Crippen molar-refractivity contribution in [3.05, 3.63) is 0 Å². The molecule has 0 aliphatic heterocycles. The molecule has 15 heavy (non-hydrogen) atoms. The molecule has 0 aromatic heterocycles. The first-order chi connectivity index (χ1) is 7.04. The molecule has 0 saturated heterocycles. The summed E-state index contributed by atoms with van der Waals surface area (Å²) in [5.41, 5.74) is 5.60. The smallest absolute Gasteiger partial charge is 0.213 e. The fourth-order valence-corrected chi connectivity index (χ4v) is 2.29. The molecule has 0 aromatic carbocycles. The van der Waals surface area contributed by atoms with E-state index in [2.05, 4.69) is 4.72 Å². The summed E-state index contributed by atoms with van der Waals surface area (Å²) in [6.07, 6.45) is 2.05. The molecule has 0 unspecified atom stereocenters. The van der Waals surface area contributed by atoms with Gasteiger partial charge < -0.3 is 10.5 Å². The zero-order chi connectivity index (χ0) is 11.4. The van der Waals surface area contributed by atoms with Crippen LogP contribution in [-0.2, 0) is 14.8 Å². The van der Waals surface area contributed by atoms with Crippen molar-refractivity contribution in [2.45, 2.75) is 19.8 Å². The second-order valence-electron chi connectivity index (χ2n) is 4.04. The van der Waals surface area contributed by atoms with E-state index in [1.807, 2.05) is 6.92 Å². The van der Waals surface area contributed by atoms with Gasteiger partial charge in [-0.1, -0.05) is 0 Å². The summed E-state index contributed by atoms with van der Waals surface area (Å²) in [6, 6.07) is 0. The third kappa shape index (κ3) is 4.46. The highest BCUT2D eigenvalue weighted by atomic mass is 32.2. The highest BCUT2D eigenvalue weighted by Gasteiger charge is 2.41. The van der Waals surface area contributed by atoms with Crippen LogP contribution in [0.3, 0.4) is 0 Å². The van der Waals surface area contributed by atoms with Gasteiger partial charge >= 0.3 is 0 Å². The largest absolute Gasteiger partial charge is 0.381 e. The minimum absolute atomic E-state index is 0.0293. The van der Waals surface area contributed by atoms with Crippen LogP contribution in [0.1, 0.15) is 19.8 Å². The van der Waals surface area contributed by atoms with Gasteiger partial charge in [0.15, 0.2) is 0 Å². The van der Waals surface area contributed by atoms with Crippen LogP contribution in [0.25, 0.3) is 0 Å². The number of hydrogen-bond acceptors (Lipinski definition) is 4. The minimum Gasteiger partial charge on any atom is -0.381 e. The van der Waals surface area contributed by atoms with Crippen molar-refractivity contribution >= 4 is 10.0 Å². The van der Waals surface area contributed by atoms with Gasteiger partial charge in [0.1, 0.15) is 0 Å². The van der Waals surface area contributed by atoms with Gasteiger partial charge in [-0.05, 0) is 31.7 Å². The lowest BCUT2D eigenvalue weighted by atomic mass is 10.1. The Hall–Kier alpha value is -0.170. The molecule has 1 saturated carbocycles. The van der Waals surface area contributed by atoms with Crippen LogP contribution in [-0.4, -0.2) is 40.5 Å². The average Bonchev–Trinajstić information content (AvgIpc) is 2.96. The topological polar surface area (TPSA) is 81.4 Å². The third-order valence-electron chi connectivity index (χ3n) is 2.76. The van der Waals surface area contributed by atoms with E-state index < -0.39 is 10.0 Å². The molecule has 6 heteroatoms. The fourth-order valence-electron chi connectivity index (χ4n) is 1.28. The van der Waals surface area contributed by atoms with Crippen molar-refractivity contribution in [3.8, 4) is 0 Å². The second-order valence-corrected chi connectivity index (χ2v) is 5.97. The molecule has 90 valence electrons.